The predicted octanol–water partition coefficient (Wildman–Crippen LogP) is 3.04. The minimum Gasteiger partial charge on any atom is -0.466 e. The van der Waals surface area contributed by atoms with Crippen molar-refractivity contribution >= 4 is 29.2 Å². The van der Waals surface area contributed by atoms with E-state index in [1.54, 1.807) is 36.1 Å². The fourth-order valence-corrected chi connectivity index (χ4v) is 1.83. The Hall–Kier alpha value is -1.55. The van der Waals surface area contributed by atoms with Crippen molar-refractivity contribution in [1.29, 1.82) is 0 Å². The molecule has 0 aromatic heterocycles. The van der Waals surface area contributed by atoms with Gasteiger partial charge in [0.2, 0.25) is 5.91 Å². The molecule has 1 rings (SSSR count). The van der Waals surface area contributed by atoms with Crippen molar-refractivity contribution in [2.75, 3.05) is 18.1 Å². The fraction of sp³-hybridized carbons (Fsp3) is 0.429. The monoisotopic (exact) mass is 283 g/mol. The van der Waals surface area contributed by atoms with E-state index in [1.165, 1.54) is 6.92 Å². The van der Waals surface area contributed by atoms with Crippen LogP contribution in [-0.2, 0) is 14.3 Å². The molecule has 5 heteroatoms. The number of nitrogens with zero attached hydrogens (tertiary/aromatic N) is 1. The van der Waals surface area contributed by atoms with Crippen molar-refractivity contribution < 1.29 is 14.3 Å². The molecular weight excluding hydrogens is 266 g/mol. The molecule has 0 unspecified atom stereocenters. The summed E-state index contributed by atoms with van der Waals surface area (Å²) in [7, 11) is 0. The Morgan fingerprint density at radius 3 is 2.42 bits per heavy atom. The molecule has 0 saturated heterocycles. The minimum atomic E-state index is -0.234. The van der Waals surface area contributed by atoms with E-state index in [2.05, 4.69) is 0 Å². The first-order valence-electron chi connectivity index (χ1n) is 6.24. The third-order valence-corrected chi connectivity index (χ3v) is 2.84. The molecule has 104 valence electrons. The van der Waals surface area contributed by atoms with Gasteiger partial charge in [0, 0.05) is 30.6 Å². The molecule has 19 heavy (non-hydrogen) atoms. The molecule has 0 aliphatic carbocycles. The summed E-state index contributed by atoms with van der Waals surface area (Å²) in [6.45, 7) is 4.13. The van der Waals surface area contributed by atoms with Gasteiger partial charge in [-0.3, -0.25) is 9.59 Å². The van der Waals surface area contributed by atoms with Crippen molar-refractivity contribution in [1.82, 2.24) is 0 Å². The standard InChI is InChI=1S/C14H18ClNO3/c1-3-19-14(18)5-4-10-16(11(2)17)13-8-6-12(15)7-9-13/h6-9H,3-5,10H2,1-2H3. The Kier molecular flexibility index (Phi) is 6.36. The number of anilines is 1. The average Bonchev–Trinajstić information content (AvgIpc) is 2.36. The maximum Gasteiger partial charge on any atom is 0.305 e. The Morgan fingerprint density at radius 2 is 1.89 bits per heavy atom. The minimum absolute atomic E-state index is 0.0637. The van der Waals surface area contributed by atoms with Gasteiger partial charge in [-0.15, -0.1) is 0 Å². The van der Waals surface area contributed by atoms with E-state index in [9.17, 15) is 9.59 Å². The van der Waals surface area contributed by atoms with Crippen LogP contribution < -0.4 is 4.90 Å². The highest BCUT2D eigenvalue weighted by atomic mass is 35.5. The Morgan fingerprint density at radius 1 is 1.26 bits per heavy atom. The lowest BCUT2D eigenvalue weighted by Gasteiger charge is -2.21. The van der Waals surface area contributed by atoms with Crippen LogP contribution >= 0.6 is 11.6 Å². The number of ether oxygens (including phenoxy) is 1. The molecule has 0 fully saturated rings. The van der Waals surface area contributed by atoms with Crippen molar-refractivity contribution in [3.05, 3.63) is 29.3 Å². The van der Waals surface area contributed by atoms with Crippen LogP contribution in [0.15, 0.2) is 24.3 Å². The Labute approximate surface area is 118 Å². The highest BCUT2D eigenvalue weighted by Crippen LogP contribution is 2.18. The average molecular weight is 284 g/mol. The zero-order valence-corrected chi connectivity index (χ0v) is 11.9. The number of hydrogen-bond donors (Lipinski definition) is 0. The first-order chi connectivity index (χ1) is 9.04. The summed E-state index contributed by atoms with van der Waals surface area (Å²) in [4.78, 5) is 24.5. The van der Waals surface area contributed by atoms with Crippen LogP contribution in [0.2, 0.25) is 5.02 Å². The molecule has 1 amide bonds. The summed E-state index contributed by atoms with van der Waals surface area (Å²) in [5.41, 5.74) is 0.778. The molecule has 1 aromatic rings. The molecule has 0 N–H and O–H groups in total. The highest BCUT2D eigenvalue weighted by molar-refractivity contribution is 6.30. The summed E-state index contributed by atoms with van der Waals surface area (Å²) in [5, 5.41) is 0.624. The molecule has 0 heterocycles. The van der Waals surface area contributed by atoms with Crippen LogP contribution in [0.1, 0.15) is 26.7 Å². The first kappa shape index (κ1) is 15.5. The molecule has 0 bridgehead atoms. The summed E-state index contributed by atoms with van der Waals surface area (Å²) in [6, 6.07) is 7.04. The van der Waals surface area contributed by atoms with Gasteiger partial charge in [0.05, 0.1) is 6.61 Å². The number of rotatable bonds is 6. The molecule has 0 spiro atoms. The predicted molar refractivity (Wildman–Crippen MR) is 75.3 cm³/mol. The second-order valence-electron chi connectivity index (χ2n) is 4.06. The third-order valence-electron chi connectivity index (χ3n) is 2.59. The zero-order valence-electron chi connectivity index (χ0n) is 11.2. The topological polar surface area (TPSA) is 46.6 Å². The van der Waals surface area contributed by atoms with Gasteiger partial charge in [0.1, 0.15) is 0 Å². The van der Waals surface area contributed by atoms with Crippen LogP contribution in [0, 0.1) is 0 Å². The summed E-state index contributed by atoms with van der Waals surface area (Å²) < 4.78 is 4.85. The number of benzene rings is 1. The lowest BCUT2D eigenvalue weighted by atomic mass is 10.2. The SMILES string of the molecule is CCOC(=O)CCCN(C(C)=O)c1ccc(Cl)cc1. The number of esters is 1. The zero-order chi connectivity index (χ0) is 14.3. The molecule has 0 aliphatic rings. The smallest absolute Gasteiger partial charge is 0.305 e. The van der Waals surface area contributed by atoms with Crippen LogP contribution in [0.5, 0.6) is 0 Å². The second kappa shape index (κ2) is 7.79. The largest absolute Gasteiger partial charge is 0.466 e. The van der Waals surface area contributed by atoms with Crippen LogP contribution in [0.25, 0.3) is 0 Å². The number of carbonyl (C=O) groups is 2. The van der Waals surface area contributed by atoms with Gasteiger partial charge in [-0.1, -0.05) is 11.6 Å². The molecule has 0 atom stereocenters. The lowest BCUT2D eigenvalue weighted by molar-refractivity contribution is -0.143. The molecule has 1 aromatic carbocycles. The summed E-state index contributed by atoms with van der Waals surface area (Å²) >= 11 is 5.81. The van der Waals surface area contributed by atoms with E-state index in [4.69, 9.17) is 16.3 Å². The molecule has 0 radical (unpaired) electrons. The van der Waals surface area contributed by atoms with Crippen molar-refractivity contribution in [2.24, 2.45) is 0 Å². The van der Waals surface area contributed by atoms with Gasteiger partial charge in [-0.05, 0) is 37.6 Å². The van der Waals surface area contributed by atoms with Crippen LogP contribution in [0.4, 0.5) is 5.69 Å². The van der Waals surface area contributed by atoms with Crippen molar-refractivity contribution in [3.63, 3.8) is 0 Å². The van der Waals surface area contributed by atoms with Crippen LogP contribution in [-0.4, -0.2) is 25.0 Å². The molecule has 0 saturated carbocycles. The van der Waals surface area contributed by atoms with E-state index in [0.717, 1.165) is 5.69 Å². The molecular formula is C14H18ClNO3. The van der Waals surface area contributed by atoms with Crippen LogP contribution in [0.3, 0.4) is 0 Å². The maximum absolute atomic E-state index is 11.6. The normalized spacial score (nSPS) is 10.1. The van der Waals surface area contributed by atoms with E-state index < -0.39 is 0 Å². The van der Waals surface area contributed by atoms with E-state index in [0.29, 0.717) is 31.0 Å². The highest BCUT2D eigenvalue weighted by Gasteiger charge is 2.12. The van der Waals surface area contributed by atoms with Crippen molar-refractivity contribution in [3.8, 4) is 0 Å². The van der Waals surface area contributed by atoms with Gasteiger partial charge < -0.3 is 9.64 Å². The van der Waals surface area contributed by atoms with E-state index >= 15 is 0 Å². The Bertz CT molecular complexity index is 431. The van der Waals surface area contributed by atoms with E-state index in [-0.39, 0.29) is 11.9 Å². The molecule has 4 nitrogen and oxygen atoms in total. The molecule has 0 aliphatic heterocycles. The van der Waals surface area contributed by atoms with Gasteiger partial charge in [0.25, 0.3) is 0 Å². The van der Waals surface area contributed by atoms with Gasteiger partial charge in [0.15, 0.2) is 0 Å². The van der Waals surface area contributed by atoms with E-state index in [1.807, 2.05) is 0 Å². The van der Waals surface area contributed by atoms with Crippen molar-refractivity contribution in [2.45, 2.75) is 26.7 Å². The number of carbonyl (C=O) groups excluding carboxylic acids is 2. The third kappa shape index (κ3) is 5.30. The lowest BCUT2D eigenvalue weighted by Crippen LogP contribution is -2.29. The van der Waals surface area contributed by atoms with Gasteiger partial charge in [-0.2, -0.15) is 0 Å². The first-order valence-corrected chi connectivity index (χ1v) is 6.61. The second-order valence-corrected chi connectivity index (χ2v) is 4.49. The maximum atomic E-state index is 11.6. The summed E-state index contributed by atoms with van der Waals surface area (Å²) in [5.74, 6) is -0.298. The fourth-order valence-electron chi connectivity index (χ4n) is 1.70. The summed E-state index contributed by atoms with van der Waals surface area (Å²) in [6.07, 6.45) is 0.881. The quantitative estimate of drug-likeness (QED) is 0.754. The number of amides is 1. The van der Waals surface area contributed by atoms with Gasteiger partial charge >= 0.3 is 5.97 Å². The number of halogens is 1. The Balaban J connectivity index is 2.57. The number of hydrogen-bond acceptors (Lipinski definition) is 3. The van der Waals surface area contributed by atoms with Gasteiger partial charge in [-0.25, -0.2) is 0 Å².